The van der Waals surface area contributed by atoms with Gasteiger partial charge in [0.2, 0.25) is 5.91 Å². The molecule has 1 amide bonds. The summed E-state index contributed by atoms with van der Waals surface area (Å²) in [4.78, 5) is 34.7. The molecule has 6 heteroatoms. The van der Waals surface area contributed by atoms with Crippen molar-refractivity contribution in [1.29, 1.82) is 0 Å². The van der Waals surface area contributed by atoms with E-state index in [4.69, 9.17) is 10.2 Å². The molecule has 0 aliphatic heterocycles. The van der Waals surface area contributed by atoms with Gasteiger partial charge in [-0.2, -0.15) is 0 Å². The standard InChI is InChI=1S/C17H31NO5/c1-3-4-5-6-7-8-9-10-11-12-15(19)18(2)14(17(22)23)13-16(20)21/h14H,3-13H2,1-2H3,(H,20,21)(H,22,23). The second-order valence-electron chi connectivity index (χ2n) is 6.03. The first-order chi connectivity index (χ1) is 10.9. The van der Waals surface area contributed by atoms with Gasteiger partial charge >= 0.3 is 11.9 Å². The predicted octanol–water partition coefficient (Wildman–Crippen LogP) is 3.29. The van der Waals surface area contributed by atoms with Crippen molar-refractivity contribution < 1.29 is 24.6 Å². The summed E-state index contributed by atoms with van der Waals surface area (Å²) in [5, 5.41) is 17.7. The van der Waals surface area contributed by atoms with Crippen LogP contribution >= 0.6 is 0 Å². The average Bonchev–Trinajstić information content (AvgIpc) is 2.49. The molecule has 0 aromatic heterocycles. The lowest BCUT2D eigenvalue weighted by Crippen LogP contribution is -2.43. The van der Waals surface area contributed by atoms with E-state index in [-0.39, 0.29) is 12.3 Å². The number of carbonyl (C=O) groups is 3. The van der Waals surface area contributed by atoms with E-state index in [1.807, 2.05) is 0 Å². The summed E-state index contributed by atoms with van der Waals surface area (Å²) in [6, 6.07) is -1.29. The summed E-state index contributed by atoms with van der Waals surface area (Å²) < 4.78 is 0. The van der Waals surface area contributed by atoms with E-state index < -0.39 is 24.4 Å². The molecule has 1 unspecified atom stereocenters. The second-order valence-corrected chi connectivity index (χ2v) is 6.03. The number of carbonyl (C=O) groups excluding carboxylic acids is 1. The Morgan fingerprint density at radius 3 is 1.78 bits per heavy atom. The van der Waals surface area contributed by atoms with Gasteiger partial charge in [-0.15, -0.1) is 0 Å². The molecular weight excluding hydrogens is 298 g/mol. The minimum absolute atomic E-state index is 0.274. The summed E-state index contributed by atoms with van der Waals surface area (Å²) in [5.74, 6) is -2.81. The zero-order chi connectivity index (χ0) is 17.7. The molecule has 0 aliphatic carbocycles. The van der Waals surface area contributed by atoms with Gasteiger partial charge in [0.1, 0.15) is 6.04 Å². The number of aliphatic carboxylic acids is 2. The molecule has 0 rings (SSSR count). The summed E-state index contributed by atoms with van der Waals surface area (Å²) in [6.07, 6.45) is 9.95. The molecule has 0 heterocycles. The zero-order valence-electron chi connectivity index (χ0n) is 14.4. The third-order valence-corrected chi connectivity index (χ3v) is 4.01. The summed E-state index contributed by atoms with van der Waals surface area (Å²) in [7, 11) is 1.36. The molecule has 0 fully saturated rings. The van der Waals surface area contributed by atoms with Crippen LogP contribution in [-0.4, -0.2) is 46.0 Å². The number of amides is 1. The smallest absolute Gasteiger partial charge is 0.327 e. The minimum atomic E-state index is -1.29. The first-order valence-electron chi connectivity index (χ1n) is 8.60. The molecule has 134 valence electrons. The first-order valence-corrected chi connectivity index (χ1v) is 8.60. The fraction of sp³-hybridized carbons (Fsp3) is 0.824. The van der Waals surface area contributed by atoms with Crippen LogP contribution in [0, 0.1) is 0 Å². The van der Waals surface area contributed by atoms with E-state index in [0.717, 1.165) is 24.2 Å². The third kappa shape index (κ3) is 10.7. The van der Waals surface area contributed by atoms with Gasteiger partial charge in [-0.05, 0) is 6.42 Å². The highest BCUT2D eigenvalue weighted by atomic mass is 16.4. The number of unbranched alkanes of at least 4 members (excludes halogenated alkanes) is 8. The Morgan fingerprint density at radius 1 is 0.870 bits per heavy atom. The van der Waals surface area contributed by atoms with Gasteiger partial charge in [0, 0.05) is 13.5 Å². The SMILES string of the molecule is CCCCCCCCCCCC(=O)N(C)C(CC(=O)O)C(=O)O. The highest BCUT2D eigenvalue weighted by molar-refractivity contribution is 5.86. The van der Waals surface area contributed by atoms with Crippen molar-refractivity contribution in [2.45, 2.75) is 83.6 Å². The minimum Gasteiger partial charge on any atom is -0.481 e. The summed E-state index contributed by atoms with van der Waals surface area (Å²) in [6.45, 7) is 2.19. The van der Waals surface area contributed by atoms with Crippen LogP contribution in [0.1, 0.15) is 77.6 Å². The van der Waals surface area contributed by atoms with Crippen molar-refractivity contribution in [3.8, 4) is 0 Å². The van der Waals surface area contributed by atoms with Crippen LogP contribution in [0.5, 0.6) is 0 Å². The fourth-order valence-corrected chi connectivity index (χ4v) is 2.49. The number of rotatable bonds is 14. The average molecular weight is 329 g/mol. The third-order valence-electron chi connectivity index (χ3n) is 4.01. The Bertz CT molecular complexity index is 370. The molecule has 2 N–H and O–H groups in total. The van der Waals surface area contributed by atoms with E-state index in [1.165, 1.54) is 45.6 Å². The predicted molar refractivity (Wildman–Crippen MR) is 88.3 cm³/mol. The highest BCUT2D eigenvalue weighted by Gasteiger charge is 2.28. The molecular formula is C17H31NO5. The van der Waals surface area contributed by atoms with Crippen LogP contribution < -0.4 is 0 Å². The Hall–Kier alpha value is -1.59. The number of hydrogen-bond acceptors (Lipinski definition) is 3. The molecule has 0 radical (unpaired) electrons. The number of carboxylic acids is 2. The molecule has 1 atom stereocenters. The topological polar surface area (TPSA) is 94.9 Å². The lowest BCUT2D eigenvalue weighted by Gasteiger charge is -2.23. The molecule has 6 nitrogen and oxygen atoms in total. The Balaban J connectivity index is 3.87. The van der Waals surface area contributed by atoms with Crippen molar-refractivity contribution in [1.82, 2.24) is 4.90 Å². The molecule has 0 saturated carbocycles. The monoisotopic (exact) mass is 329 g/mol. The van der Waals surface area contributed by atoms with Crippen molar-refractivity contribution in [3.63, 3.8) is 0 Å². The molecule has 0 aromatic carbocycles. The molecule has 0 spiro atoms. The Kier molecular flexibility index (Phi) is 12.0. The molecule has 0 saturated heterocycles. The van der Waals surface area contributed by atoms with Gasteiger partial charge in [0.15, 0.2) is 0 Å². The first kappa shape index (κ1) is 21.4. The van der Waals surface area contributed by atoms with Crippen LogP contribution in [0.4, 0.5) is 0 Å². The second kappa shape index (κ2) is 12.9. The van der Waals surface area contributed by atoms with E-state index in [9.17, 15) is 14.4 Å². The number of nitrogens with zero attached hydrogens (tertiary/aromatic N) is 1. The maximum Gasteiger partial charge on any atom is 0.327 e. The molecule has 0 aliphatic rings. The van der Waals surface area contributed by atoms with Crippen molar-refractivity contribution in [2.24, 2.45) is 0 Å². The van der Waals surface area contributed by atoms with Gasteiger partial charge in [0.05, 0.1) is 6.42 Å². The largest absolute Gasteiger partial charge is 0.481 e. The Morgan fingerprint density at radius 2 is 1.35 bits per heavy atom. The Labute approximate surface area is 138 Å². The van der Waals surface area contributed by atoms with E-state index >= 15 is 0 Å². The quantitative estimate of drug-likeness (QED) is 0.477. The van der Waals surface area contributed by atoms with Crippen LogP contribution in [0.15, 0.2) is 0 Å². The van der Waals surface area contributed by atoms with Crippen LogP contribution in [-0.2, 0) is 14.4 Å². The van der Waals surface area contributed by atoms with E-state index in [2.05, 4.69) is 6.92 Å². The van der Waals surface area contributed by atoms with Crippen molar-refractivity contribution in [2.75, 3.05) is 7.05 Å². The van der Waals surface area contributed by atoms with Crippen molar-refractivity contribution >= 4 is 17.8 Å². The maximum atomic E-state index is 11.9. The fourth-order valence-electron chi connectivity index (χ4n) is 2.49. The maximum absolute atomic E-state index is 11.9. The summed E-state index contributed by atoms with van der Waals surface area (Å²) in [5.41, 5.74) is 0. The lowest BCUT2D eigenvalue weighted by atomic mass is 10.1. The van der Waals surface area contributed by atoms with Gasteiger partial charge in [-0.25, -0.2) is 4.79 Å². The summed E-state index contributed by atoms with van der Waals surface area (Å²) >= 11 is 0. The molecule has 23 heavy (non-hydrogen) atoms. The van der Waals surface area contributed by atoms with E-state index in [0.29, 0.717) is 0 Å². The van der Waals surface area contributed by atoms with Gasteiger partial charge in [-0.1, -0.05) is 58.3 Å². The van der Waals surface area contributed by atoms with Gasteiger partial charge in [-0.3, -0.25) is 9.59 Å². The zero-order valence-corrected chi connectivity index (χ0v) is 14.4. The number of hydrogen-bond donors (Lipinski definition) is 2. The highest BCUT2D eigenvalue weighted by Crippen LogP contribution is 2.12. The van der Waals surface area contributed by atoms with Gasteiger partial charge in [0.25, 0.3) is 0 Å². The normalized spacial score (nSPS) is 11.9. The van der Waals surface area contributed by atoms with Gasteiger partial charge < -0.3 is 15.1 Å². The molecule has 0 bridgehead atoms. The number of carboxylic acid groups (broad SMARTS) is 2. The van der Waals surface area contributed by atoms with Crippen LogP contribution in [0.3, 0.4) is 0 Å². The number of likely N-dealkylation sites (N-methyl/N-ethyl adjacent to an activating group) is 1. The lowest BCUT2D eigenvalue weighted by molar-refractivity contribution is -0.153. The molecule has 0 aromatic rings. The van der Waals surface area contributed by atoms with Crippen LogP contribution in [0.25, 0.3) is 0 Å². The van der Waals surface area contributed by atoms with Crippen LogP contribution in [0.2, 0.25) is 0 Å². The van der Waals surface area contributed by atoms with E-state index in [1.54, 1.807) is 0 Å². The van der Waals surface area contributed by atoms with Crippen molar-refractivity contribution in [3.05, 3.63) is 0 Å².